The number of rotatable bonds is 1. The van der Waals surface area contributed by atoms with Crippen molar-refractivity contribution < 1.29 is 5.11 Å². The Morgan fingerprint density at radius 3 is 3.19 bits per heavy atom. The van der Waals surface area contributed by atoms with E-state index < -0.39 is 5.60 Å². The van der Waals surface area contributed by atoms with E-state index in [0.29, 0.717) is 6.04 Å². The van der Waals surface area contributed by atoms with Gasteiger partial charge >= 0.3 is 0 Å². The first-order valence-electron chi connectivity index (χ1n) is 5.75. The maximum Gasteiger partial charge on any atom is 0.126 e. The monoisotopic (exact) mass is 302 g/mol. The van der Waals surface area contributed by atoms with Crippen molar-refractivity contribution in [2.45, 2.75) is 37.3 Å². The van der Waals surface area contributed by atoms with Crippen molar-refractivity contribution in [1.29, 1.82) is 0 Å². The van der Waals surface area contributed by atoms with Crippen LogP contribution < -0.4 is 0 Å². The molecule has 0 aromatic carbocycles. The van der Waals surface area contributed by atoms with Gasteiger partial charge in [-0.3, -0.25) is 0 Å². The normalized spacial score (nSPS) is 35.2. The fourth-order valence-corrected chi connectivity index (χ4v) is 4.30. The van der Waals surface area contributed by atoms with Crippen LogP contribution in [0.15, 0.2) is 9.98 Å². The van der Waals surface area contributed by atoms with Crippen LogP contribution in [0.2, 0.25) is 0 Å². The molecule has 3 heterocycles. The van der Waals surface area contributed by atoms with Crippen LogP contribution in [-0.4, -0.2) is 34.1 Å². The van der Waals surface area contributed by atoms with E-state index in [9.17, 15) is 5.11 Å². The van der Waals surface area contributed by atoms with Crippen molar-refractivity contribution in [2.24, 2.45) is 0 Å². The van der Waals surface area contributed by atoms with Crippen LogP contribution in [-0.2, 0) is 5.60 Å². The highest BCUT2D eigenvalue weighted by atomic mass is 79.9. The van der Waals surface area contributed by atoms with Gasteiger partial charge in [-0.15, -0.1) is 11.3 Å². The van der Waals surface area contributed by atoms with E-state index in [1.807, 2.05) is 5.38 Å². The molecule has 0 bridgehead atoms. The smallest absolute Gasteiger partial charge is 0.126 e. The van der Waals surface area contributed by atoms with Gasteiger partial charge in [0, 0.05) is 18.0 Å². The number of nitrogens with zero attached hydrogens (tertiary/aromatic N) is 2. The zero-order chi connectivity index (χ0) is 11.2. The SMILES string of the molecule is OC1(c2nc(Br)cs2)CCN2CCCC2C1. The zero-order valence-corrected chi connectivity index (χ0v) is 11.4. The van der Waals surface area contributed by atoms with E-state index in [1.54, 1.807) is 11.3 Å². The number of hydrogen-bond acceptors (Lipinski definition) is 4. The van der Waals surface area contributed by atoms with Crippen LogP contribution in [0.3, 0.4) is 0 Å². The summed E-state index contributed by atoms with van der Waals surface area (Å²) in [6.45, 7) is 2.22. The summed E-state index contributed by atoms with van der Waals surface area (Å²) in [5.74, 6) is 0. The summed E-state index contributed by atoms with van der Waals surface area (Å²) in [7, 11) is 0. The van der Waals surface area contributed by atoms with Gasteiger partial charge in [-0.1, -0.05) is 0 Å². The minimum absolute atomic E-state index is 0.571. The molecule has 3 nitrogen and oxygen atoms in total. The fraction of sp³-hybridized carbons (Fsp3) is 0.727. The Morgan fingerprint density at radius 2 is 2.44 bits per heavy atom. The molecule has 1 N–H and O–H groups in total. The van der Waals surface area contributed by atoms with Gasteiger partial charge in [0.2, 0.25) is 0 Å². The lowest BCUT2D eigenvalue weighted by molar-refractivity contribution is -0.0410. The molecular formula is C11H15BrN2OS. The summed E-state index contributed by atoms with van der Waals surface area (Å²) in [6, 6.07) is 0.571. The van der Waals surface area contributed by atoms with Crippen molar-refractivity contribution in [3.8, 4) is 0 Å². The Hall–Kier alpha value is 0.0300. The molecular weight excluding hydrogens is 288 g/mol. The third-order valence-corrected chi connectivity index (χ3v) is 5.50. The van der Waals surface area contributed by atoms with Gasteiger partial charge in [-0.05, 0) is 48.2 Å². The Labute approximate surface area is 108 Å². The van der Waals surface area contributed by atoms with Crippen molar-refractivity contribution in [3.63, 3.8) is 0 Å². The first-order chi connectivity index (χ1) is 7.67. The number of thiazole rings is 1. The summed E-state index contributed by atoms with van der Waals surface area (Å²) in [5.41, 5.74) is -0.678. The zero-order valence-electron chi connectivity index (χ0n) is 9.03. The van der Waals surface area contributed by atoms with Gasteiger partial charge in [0.25, 0.3) is 0 Å². The third-order valence-electron chi connectivity index (χ3n) is 3.76. The summed E-state index contributed by atoms with van der Waals surface area (Å²) in [4.78, 5) is 6.90. The molecule has 0 amide bonds. The quantitative estimate of drug-likeness (QED) is 0.865. The second kappa shape index (κ2) is 4.05. The van der Waals surface area contributed by atoms with Gasteiger partial charge in [0.1, 0.15) is 15.2 Å². The lowest BCUT2D eigenvalue weighted by Crippen LogP contribution is -2.45. The molecule has 16 heavy (non-hydrogen) atoms. The van der Waals surface area contributed by atoms with Crippen molar-refractivity contribution in [1.82, 2.24) is 9.88 Å². The molecule has 1 aromatic rings. The Morgan fingerprint density at radius 1 is 1.56 bits per heavy atom. The number of piperidine rings is 1. The summed E-state index contributed by atoms with van der Waals surface area (Å²) in [6.07, 6.45) is 4.19. The molecule has 88 valence electrons. The molecule has 0 radical (unpaired) electrons. The molecule has 0 aliphatic carbocycles. The Bertz CT molecular complexity index is 397. The predicted octanol–water partition coefficient (Wildman–Crippen LogP) is 2.35. The van der Waals surface area contributed by atoms with E-state index in [4.69, 9.17) is 0 Å². The number of aromatic nitrogens is 1. The second-order valence-corrected chi connectivity index (χ2v) is 6.46. The molecule has 2 atom stereocenters. The number of hydrogen-bond donors (Lipinski definition) is 1. The summed E-state index contributed by atoms with van der Waals surface area (Å²) >= 11 is 4.92. The molecule has 0 saturated carbocycles. The van der Waals surface area contributed by atoms with E-state index in [0.717, 1.165) is 29.0 Å². The lowest BCUT2D eigenvalue weighted by Gasteiger charge is -2.39. The molecule has 2 fully saturated rings. The van der Waals surface area contributed by atoms with Crippen LogP contribution in [0.4, 0.5) is 0 Å². The number of aliphatic hydroxyl groups is 1. The molecule has 2 aliphatic heterocycles. The van der Waals surface area contributed by atoms with Crippen molar-refractivity contribution in [2.75, 3.05) is 13.1 Å². The maximum atomic E-state index is 10.7. The summed E-state index contributed by atoms with van der Waals surface area (Å²) in [5, 5.41) is 13.5. The standard InChI is InChI=1S/C11H15BrN2OS/c12-9-7-16-10(13-9)11(15)3-5-14-4-1-2-8(14)6-11/h7-8,15H,1-6H2. The molecule has 5 heteroatoms. The van der Waals surface area contributed by atoms with Gasteiger partial charge in [-0.2, -0.15) is 0 Å². The molecule has 3 rings (SSSR count). The summed E-state index contributed by atoms with van der Waals surface area (Å²) < 4.78 is 0.842. The highest BCUT2D eigenvalue weighted by Gasteiger charge is 2.42. The van der Waals surface area contributed by atoms with Crippen LogP contribution in [0.25, 0.3) is 0 Å². The average molecular weight is 303 g/mol. The molecule has 2 aliphatic rings. The van der Waals surface area contributed by atoms with Gasteiger partial charge in [-0.25, -0.2) is 4.98 Å². The predicted molar refractivity (Wildman–Crippen MR) is 67.5 cm³/mol. The minimum atomic E-state index is -0.678. The van der Waals surface area contributed by atoms with Crippen molar-refractivity contribution >= 4 is 27.3 Å². The topological polar surface area (TPSA) is 36.4 Å². The number of halogens is 1. The van der Waals surface area contributed by atoms with Crippen LogP contribution in [0.5, 0.6) is 0 Å². The Kier molecular flexibility index (Phi) is 2.82. The lowest BCUT2D eigenvalue weighted by atomic mass is 9.87. The first kappa shape index (κ1) is 11.1. The molecule has 0 spiro atoms. The molecule has 2 unspecified atom stereocenters. The molecule has 1 aromatic heterocycles. The van der Waals surface area contributed by atoms with E-state index >= 15 is 0 Å². The number of fused-ring (bicyclic) bond motifs is 1. The Balaban J connectivity index is 1.83. The fourth-order valence-electron chi connectivity index (χ4n) is 2.90. The first-order valence-corrected chi connectivity index (χ1v) is 7.43. The second-order valence-electron chi connectivity index (χ2n) is 4.79. The minimum Gasteiger partial charge on any atom is -0.383 e. The largest absolute Gasteiger partial charge is 0.383 e. The van der Waals surface area contributed by atoms with E-state index in [1.165, 1.54) is 19.4 Å². The van der Waals surface area contributed by atoms with Gasteiger partial charge < -0.3 is 10.0 Å². The van der Waals surface area contributed by atoms with E-state index in [-0.39, 0.29) is 0 Å². The van der Waals surface area contributed by atoms with Gasteiger partial charge in [0.15, 0.2) is 0 Å². The van der Waals surface area contributed by atoms with Crippen molar-refractivity contribution in [3.05, 3.63) is 15.0 Å². The van der Waals surface area contributed by atoms with Gasteiger partial charge in [0.05, 0.1) is 0 Å². The highest BCUT2D eigenvalue weighted by Crippen LogP contribution is 2.40. The molecule has 2 saturated heterocycles. The van der Waals surface area contributed by atoms with E-state index in [2.05, 4.69) is 25.8 Å². The highest BCUT2D eigenvalue weighted by molar-refractivity contribution is 9.10. The van der Waals surface area contributed by atoms with Crippen LogP contribution >= 0.6 is 27.3 Å². The van der Waals surface area contributed by atoms with Crippen LogP contribution in [0, 0.1) is 0 Å². The maximum absolute atomic E-state index is 10.7. The average Bonchev–Trinajstić information content (AvgIpc) is 2.85. The third kappa shape index (κ3) is 1.83. The van der Waals surface area contributed by atoms with Crippen LogP contribution in [0.1, 0.15) is 30.7 Å².